The number of alkyl carbamates (subject to hydrolysis) is 1. The minimum atomic E-state index is -2.67. The van der Waals surface area contributed by atoms with Crippen LogP contribution in [0, 0.1) is 0 Å². The number of halogens is 2. The SMILES string of the molecule is CC(C)(C)OC(=O)NCCNc1ccc(B2OC(C)(C)C(C)(C)O2)cc1C(F)F. The van der Waals surface area contributed by atoms with Crippen molar-refractivity contribution < 1.29 is 27.6 Å². The van der Waals surface area contributed by atoms with Crippen molar-refractivity contribution in [1.29, 1.82) is 0 Å². The number of nitrogens with one attached hydrogen (secondary N) is 2. The molecular weight excluding hydrogens is 381 g/mol. The summed E-state index contributed by atoms with van der Waals surface area (Å²) in [5, 5.41) is 5.51. The number of carbonyl (C=O) groups excluding carboxylic acids is 1. The molecule has 29 heavy (non-hydrogen) atoms. The zero-order valence-electron chi connectivity index (χ0n) is 18.2. The first-order valence-electron chi connectivity index (χ1n) is 9.70. The molecule has 6 nitrogen and oxygen atoms in total. The van der Waals surface area contributed by atoms with Crippen LogP contribution in [0.15, 0.2) is 18.2 Å². The summed E-state index contributed by atoms with van der Waals surface area (Å²) in [4.78, 5) is 11.6. The van der Waals surface area contributed by atoms with Crippen LogP contribution in [0.2, 0.25) is 0 Å². The van der Waals surface area contributed by atoms with Crippen LogP contribution in [0.25, 0.3) is 0 Å². The summed E-state index contributed by atoms with van der Waals surface area (Å²) in [5.74, 6) is 0. The van der Waals surface area contributed by atoms with Gasteiger partial charge in [-0.2, -0.15) is 0 Å². The van der Waals surface area contributed by atoms with Gasteiger partial charge in [-0.05, 0) is 60.0 Å². The molecule has 9 heteroatoms. The Balaban J connectivity index is 2.01. The highest BCUT2D eigenvalue weighted by Crippen LogP contribution is 2.37. The summed E-state index contributed by atoms with van der Waals surface area (Å²) in [5.41, 5.74) is -0.999. The van der Waals surface area contributed by atoms with E-state index < -0.39 is 36.4 Å². The highest BCUT2D eigenvalue weighted by molar-refractivity contribution is 6.62. The molecule has 1 amide bonds. The summed E-state index contributed by atoms with van der Waals surface area (Å²) in [6.45, 7) is 13.4. The van der Waals surface area contributed by atoms with Crippen molar-refractivity contribution in [2.75, 3.05) is 18.4 Å². The third kappa shape index (κ3) is 6.06. The quantitative estimate of drug-likeness (QED) is 0.549. The Morgan fingerprint density at radius 2 is 1.72 bits per heavy atom. The van der Waals surface area contributed by atoms with Gasteiger partial charge in [0, 0.05) is 24.3 Å². The molecular formula is C20H31BF2N2O4. The summed E-state index contributed by atoms with van der Waals surface area (Å²) in [6.07, 6.45) is -3.22. The lowest BCUT2D eigenvalue weighted by Gasteiger charge is -2.32. The van der Waals surface area contributed by atoms with Crippen molar-refractivity contribution in [2.45, 2.75) is 71.7 Å². The molecule has 0 aromatic heterocycles. The first kappa shape index (κ1) is 23.4. The molecule has 0 radical (unpaired) electrons. The maximum absolute atomic E-state index is 13.6. The highest BCUT2D eigenvalue weighted by Gasteiger charge is 2.51. The highest BCUT2D eigenvalue weighted by atomic mass is 19.3. The summed E-state index contributed by atoms with van der Waals surface area (Å²) in [6, 6.07) is 4.68. The van der Waals surface area contributed by atoms with Crippen LogP contribution in [0.5, 0.6) is 0 Å². The van der Waals surface area contributed by atoms with Crippen LogP contribution in [-0.4, -0.2) is 43.1 Å². The van der Waals surface area contributed by atoms with Crippen LogP contribution in [0.3, 0.4) is 0 Å². The molecule has 0 spiro atoms. The van der Waals surface area contributed by atoms with Gasteiger partial charge in [-0.3, -0.25) is 0 Å². The first-order chi connectivity index (χ1) is 13.2. The molecule has 0 saturated carbocycles. The van der Waals surface area contributed by atoms with Gasteiger partial charge in [0.25, 0.3) is 6.43 Å². The second-order valence-corrected chi connectivity index (χ2v) is 9.09. The van der Waals surface area contributed by atoms with Gasteiger partial charge in [0.2, 0.25) is 0 Å². The van der Waals surface area contributed by atoms with E-state index in [1.807, 2.05) is 27.7 Å². The standard InChI is InChI=1S/C20H31BF2N2O4/c1-18(2,3)27-17(26)25-11-10-24-15-9-8-13(12-14(15)16(22)23)21-28-19(4,5)20(6,7)29-21/h8-9,12,16,24H,10-11H2,1-7H3,(H,25,26). The molecule has 2 N–H and O–H groups in total. The molecule has 2 rings (SSSR count). The summed E-state index contributed by atoms with van der Waals surface area (Å²) < 4.78 is 44.2. The van der Waals surface area contributed by atoms with Crippen LogP contribution >= 0.6 is 0 Å². The third-order valence-electron chi connectivity index (χ3n) is 4.94. The van der Waals surface area contributed by atoms with Gasteiger partial charge >= 0.3 is 13.2 Å². The minimum absolute atomic E-state index is 0.144. The fourth-order valence-electron chi connectivity index (χ4n) is 2.72. The molecule has 1 saturated heterocycles. The van der Waals surface area contributed by atoms with Gasteiger partial charge in [0.05, 0.1) is 11.2 Å². The van der Waals surface area contributed by atoms with Gasteiger partial charge in [0.1, 0.15) is 5.60 Å². The van der Waals surface area contributed by atoms with E-state index in [-0.39, 0.29) is 18.7 Å². The minimum Gasteiger partial charge on any atom is -0.444 e. The predicted octanol–water partition coefficient (Wildman–Crippen LogP) is 3.86. The summed E-state index contributed by atoms with van der Waals surface area (Å²) in [7, 11) is -0.708. The monoisotopic (exact) mass is 412 g/mol. The second-order valence-electron chi connectivity index (χ2n) is 9.09. The van der Waals surface area contributed by atoms with E-state index in [0.29, 0.717) is 11.2 Å². The molecule has 1 aromatic carbocycles. The lowest BCUT2D eigenvalue weighted by molar-refractivity contribution is 0.00578. The summed E-state index contributed by atoms with van der Waals surface area (Å²) >= 11 is 0. The molecule has 1 aliphatic rings. The van der Waals surface area contributed by atoms with Crippen LogP contribution in [0.1, 0.15) is 60.5 Å². The van der Waals surface area contributed by atoms with Crippen molar-refractivity contribution in [3.63, 3.8) is 0 Å². The molecule has 1 aliphatic heterocycles. The molecule has 0 aliphatic carbocycles. The number of hydrogen-bond acceptors (Lipinski definition) is 5. The number of ether oxygens (including phenoxy) is 1. The maximum Gasteiger partial charge on any atom is 0.494 e. The van der Waals surface area contributed by atoms with E-state index in [2.05, 4.69) is 10.6 Å². The Kier molecular flexibility index (Phi) is 6.84. The fraction of sp³-hybridized carbons (Fsp3) is 0.650. The molecule has 1 fully saturated rings. The van der Waals surface area contributed by atoms with Crippen molar-refractivity contribution in [1.82, 2.24) is 5.32 Å². The Morgan fingerprint density at radius 3 is 2.24 bits per heavy atom. The third-order valence-corrected chi connectivity index (χ3v) is 4.94. The lowest BCUT2D eigenvalue weighted by Crippen LogP contribution is -2.41. The van der Waals surface area contributed by atoms with Gasteiger partial charge in [-0.15, -0.1) is 0 Å². The second kappa shape index (κ2) is 8.48. The van der Waals surface area contributed by atoms with Gasteiger partial charge < -0.3 is 24.7 Å². The maximum atomic E-state index is 13.6. The number of alkyl halides is 2. The normalized spacial score (nSPS) is 18.1. The number of anilines is 1. The van der Waals surface area contributed by atoms with E-state index in [4.69, 9.17) is 14.0 Å². The molecule has 1 aromatic rings. The van der Waals surface area contributed by atoms with Crippen LogP contribution in [0.4, 0.5) is 19.3 Å². The molecule has 162 valence electrons. The largest absolute Gasteiger partial charge is 0.494 e. The van der Waals surface area contributed by atoms with Crippen LogP contribution < -0.4 is 16.1 Å². The van der Waals surface area contributed by atoms with Crippen LogP contribution in [-0.2, 0) is 14.0 Å². The van der Waals surface area contributed by atoms with E-state index in [1.165, 1.54) is 6.07 Å². The van der Waals surface area contributed by atoms with Gasteiger partial charge in [0.15, 0.2) is 0 Å². The Bertz CT molecular complexity index is 720. The van der Waals surface area contributed by atoms with Crippen molar-refractivity contribution >= 4 is 24.4 Å². The van der Waals surface area contributed by atoms with Gasteiger partial charge in [-0.1, -0.05) is 12.1 Å². The van der Waals surface area contributed by atoms with E-state index in [0.717, 1.165) is 0 Å². The van der Waals surface area contributed by atoms with Crippen molar-refractivity contribution in [3.8, 4) is 0 Å². The van der Waals surface area contributed by atoms with Crippen molar-refractivity contribution in [2.24, 2.45) is 0 Å². The number of hydrogen-bond donors (Lipinski definition) is 2. The topological polar surface area (TPSA) is 68.8 Å². The fourth-order valence-corrected chi connectivity index (χ4v) is 2.72. The van der Waals surface area contributed by atoms with E-state index >= 15 is 0 Å². The van der Waals surface area contributed by atoms with Gasteiger partial charge in [-0.25, -0.2) is 13.6 Å². The number of benzene rings is 1. The lowest BCUT2D eigenvalue weighted by atomic mass is 9.78. The predicted molar refractivity (Wildman–Crippen MR) is 110 cm³/mol. The van der Waals surface area contributed by atoms with Crippen molar-refractivity contribution in [3.05, 3.63) is 23.8 Å². The Morgan fingerprint density at radius 1 is 1.14 bits per heavy atom. The molecule has 0 unspecified atom stereocenters. The number of carbonyl (C=O) groups is 1. The number of rotatable bonds is 6. The average molecular weight is 412 g/mol. The Hall–Kier alpha value is -1.87. The first-order valence-corrected chi connectivity index (χ1v) is 9.70. The molecule has 1 heterocycles. The Labute approximate surface area is 171 Å². The smallest absolute Gasteiger partial charge is 0.444 e. The molecule has 0 atom stereocenters. The zero-order valence-corrected chi connectivity index (χ0v) is 18.2. The van der Waals surface area contributed by atoms with E-state index in [9.17, 15) is 13.6 Å². The number of amides is 1. The average Bonchev–Trinajstić information content (AvgIpc) is 2.77. The van der Waals surface area contributed by atoms with E-state index in [1.54, 1.807) is 32.9 Å². The zero-order chi connectivity index (χ0) is 22.0. The molecule has 0 bridgehead atoms.